The number of pyridine rings is 1. The van der Waals surface area contributed by atoms with Crippen LogP contribution < -0.4 is 4.74 Å². The molecule has 26 heavy (non-hydrogen) atoms. The Balaban J connectivity index is 1.86. The van der Waals surface area contributed by atoms with Crippen LogP contribution in [-0.2, 0) is 0 Å². The van der Waals surface area contributed by atoms with Crippen LogP contribution in [0.3, 0.4) is 0 Å². The highest BCUT2D eigenvalue weighted by Gasteiger charge is 2.33. The number of amides is 1. The fourth-order valence-electron chi connectivity index (χ4n) is 2.47. The summed E-state index contributed by atoms with van der Waals surface area (Å²) in [6.45, 7) is 4.53. The van der Waals surface area contributed by atoms with E-state index in [9.17, 15) is 4.79 Å². The normalized spacial score (nSPS) is 18.4. The highest BCUT2D eigenvalue weighted by atomic mass is 35.5. The zero-order valence-corrected chi connectivity index (χ0v) is 16.6. The SMILES string of the molecule is CCOc1ccc(N=C2SC[C@H](C)N2C(=O)c2cnc(Cl)c(Cl)c2)cc1. The minimum absolute atomic E-state index is 0.0170. The van der Waals surface area contributed by atoms with E-state index in [1.54, 1.807) is 16.7 Å². The quantitative estimate of drug-likeness (QED) is 0.662. The lowest BCUT2D eigenvalue weighted by molar-refractivity contribution is 0.0828. The van der Waals surface area contributed by atoms with Crippen molar-refractivity contribution in [2.45, 2.75) is 19.9 Å². The topological polar surface area (TPSA) is 54.8 Å². The third-order valence-corrected chi connectivity index (χ3v) is 5.62. The van der Waals surface area contributed by atoms with E-state index < -0.39 is 0 Å². The van der Waals surface area contributed by atoms with Gasteiger partial charge in [0.15, 0.2) is 5.17 Å². The number of aliphatic imine (C=N–C) groups is 1. The highest BCUT2D eigenvalue weighted by molar-refractivity contribution is 8.14. The average molecular weight is 410 g/mol. The summed E-state index contributed by atoms with van der Waals surface area (Å²) in [5, 5.41) is 1.08. The van der Waals surface area contributed by atoms with Gasteiger partial charge in [-0.15, -0.1) is 0 Å². The number of thioether (sulfide) groups is 1. The molecule has 1 amide bonds. The minimum Gasteiger partial charge on any atom is -0.494 e. The number of halogens is 2. The first-order valence-corrected chi connectivity index (χ1v) is 9.82. The van der Waals surface area contributed by atoms with E-state index in [0.29, 0.717) is 17.3 Å². The summed E-state index contributed by atoms with van der Waals surface area (Å²) in [5.41, 5.74) is 1.14. The van der Waals surface area contributed by atoms with Gasteiger partial charge >= 0.3 is 0 Å². The van der Waals surface area contributed by atoms with Crippen LogP contribution in [0.25, 0.3) is 0 Å². The molecule has 0 aliphatic carbocycles. The third kappa shape index (κ3) is 4.14. The summed E-state index contributed by atoms with van der Waals surface area (Å²) in [6.07, 6.45) is 1.43. The molecule has 0 bridgehead atoms. The number of hydrogen-bond donors (Lipinski definition) is 0. The highest BCUT2D eigenvalue weighted by Crippen LogP contribution is 2.30. The molecule has 5 nitrogen and oxygen atoms in total. The maximum Gasteiger partial charge on any atom is 0.261 e. The van der Waals surface area contributed by atoms with Crippen molar-refractivity contribution in [3.8, 4) is 5.75 Å². The lowest BCUT2D eigenvalue weighted by atomic mass is 10.2. The molecule has 2 aromatic rings. The maximum atomic E-state index is 12.9. The molecule has 0 spiro atoms. The Labute approximate surface area is 166 Å². The number of nitrogens with zero attached hydrogens (tertiary/aromatic N) is 3. The van der Waals surface area contributed by atoms with Crippen molar-refractivity contribution in [2.24, 2.45) is 4.99 Å². The van der Waals surface area contributed by atoms with Crippen molar-refractivity contribution in [3.05, 3.63) is 52.3 Å². The monoisotopic (exact) mass is 409 g/mol. The Morgan fingerprint density at radius 3 is 2.77 bits per heavy atom. The minimum atomic E-state index is -0.196. The number of carbonyl (C=O) groups excluding carboxylic acids is 1. The second kappa shape index (κ2) is 8.29. The Morgan fingerprint density at radius 2 is 2.12 bits per heavy atom. The van der Waals surface area contributed by atoms with Crippen molar-refractivity contribution in [1.29, 1.82) is 0 Å². The van der Waals surface area contributed by atoms with Crippen molar-refractivity contribution in [1.82, 2.24) is 9.88 Å². The van der Waals surface area contributed by atoms with Crippen LogP contribution in [0.5, 0.6) is 5.75 Å². The van der Waals surface area contributed by atoms with Crippen LogP contribution in [0, 0.1) is 0 Å². The molecule has 0 saturated carbocycles. The van der Waals surface area contributed by atoms with Crippen molar-refractivity contribution in [3.63, 3.8) is 0 Å². The number of rotatable bonds is 4. The fraction of sp³-hybridized carbons (Fsp3) is 0.278. The summed E-state index contributed by atoms with van der Waals surface area (Å²) in [6, 6.07) is 9.00. The summed E-state index contributed by atoms with van der Waals surface area (Å²) < 4.78 is 5.44. The van der Waals surface area contributed by atoms with Gasteiger partial charge in [0.05, 0.1) is 22.9 Å². The molecule has 1 aromatic carbocycles. The maximum absolute atomic E-state index is 12.9. The van der Waals surface area contributed by atoms with Crippen LogP contribution in [0.15, 0.2) is 41.5 Å². The molecule has 1 saturated heterocycles. The van der Waals surface area contributed by atoms with Crippen LogP contribution in [0.1, 0.15) is 24.2 Å². The molecular weight excluding hydrogens is 393 g/mol. The Hall–Kier alpha value is -1.76. The van der Waals surface area contributed by atoms with E-state index in [-0.39, 0.29) is 22.1 Å². The van der Waals surface area contributed by atoms with Gasteiger partial charge in [-0.3, -0.25) is 9.69 Å². The van der Waals surface area contributed by atoms with Gasteiger partial charge in [-0.25, -0.2) is 9.98 Å². The summed E-state index contributed by atoms with van der Waals surface area (Å²) in [4.78, 5) is 23.2. The predicted octanol–water partition coefficient (Wildman–Crippen LogP) is 5.05. The fourth-order valence-corrected chi connectivity index (χ4v) is 3.85. The van der Waals surface area contributed by atoms with Crippen LogP contribution in [0.4, 0.5) is 5.69 Å². The average Bonchev–Trinajstić information content (AvgIpc) is 2.99. The smallest absolute Gasteiger partial charge is 0.261 e. The molecule has 0 radical (unpaired) electrons. The lowest BCUT2D eigenvalue weighted by Gasteiger charge is -2.21. The van der Waals surface area contributed by atoms with E-state index >= 15 is 0 Å². The zero-order chi connectivity index (χ0) is 18.7. The molecule has 1 atom stereocenters. The molecule has 1 aromatic heterocycles. The number of benzene rings is 1. The number of carbonyl (C=O) groups is 1. The van der Waals surface area contributed by atoms with E-state index in [4.69, 9.17) is 27.9 Å². The first-order chi connectivity index (χ1) is 12.5. The molecule has 3 rings (SSSR count). The molecule has 1 fully saturated rings. The van der Waals surface area contributed by atoms with Crippen molar-refractivity contribution in [2.75, 3.05) is 12.4 Å². The van der Waals surface area contributed by atoms with Gasteiger partial charge in [-0.05, 0) is 44.2 Å². The van der Waals surface area contributed by atoms with Crippen molar-refractivity contribution >= 4 is 51.7 Å². The summed E-state index contributed by atoms with van der Waals surface area (Å²) in [5.74, 6) is 1.37. The summed E-state index contributed by atoms with van der Waals surface area (Å²) >= 11 is 13.4. The van der Waals surface area contributed by atoms with Gasteiger partial charge in [0.1, 0.15) is 10.9 Å². The number of ether oxygens (including phenoxy) is 1. The zero-order valence-electron chi connectivity index (χ0n) is 14.3. The van der Waals surface area contributed by atoms with Gasteiger partial charge < -0.3 is 4.74 Å². The van der Waals surface area contributed by atoms with E-state index in [1.165, 1.54) is 12.3 Å². The Kier molecular flexibility index (Phi) is 6.06. The van der Waals surface area contributed by atoms with Crippen LogP contribution in [0.2, 0.25) is 10.2 Å². The van der Waals surface area contributed by atoms with Gasteiger partial charge in [-0.2, -0.15) is 0 Å². The van der Waals surface area contributed by atoms with E-state index in [1.807, 2.05) is 38.1 Å². The summed E-state index contributed by atoms with van der Waals surface area (Å²) in [7, 11) is 0. The molecule has 8 heteroatoms. The largest absolute Gasteiger partial charge is 0.494 e. The van der Waals surface area contributed by atoms with Gasteiger partial charge in [0.2, 0.25) is 0 Å². The Bertz CT molecular complexity index is 843. The molecule has 1 aliphatic heterocycles. The first-order valence-electron chi connectivity index (χ1n) is 8.08. The molecule has 0 unspecified atom stereocenters. The number of amidine groups is 1. The second-order valence-corrected chi connectivity index (χ2v) is 7.41. The lowest BCUT2D eigenvalue weighted by Crippen LogP contribution is -2.37. The molecule has 2 heterocycles. The molecular formula is C18H17Cl2N3O2S. The number of hydrogen-bond acceptors (Lipinski definition) is 5. The second-order valence-electron chi connectivity index (χ2n) is 5.65. The molecule has 136 valence electrons. The predicted molar refractivity (Wildman–Crippen MR) is 107 cm³/mol. The molecule has 1 aliphatic rings. The van der Waals surface area contributed by atoms with Gasteiger partial charge in [-0.1, -0.05) is 35.0 Å². The van der Waals surface area contributed by atoms with Gasteiger partial charge in [0, 0.05) is 18.0 Å². The third-order valence-electron chi connectivity index (χ3n) is 3.73. The van der Waals surface area contributed by atoms with Gasteiger partial charge in [0.25, 0.3) is 5.91 Å². The standard InChI is InChI=1S/C18H17Cl2N3O2S/c1-3-25-14-6-4-13(5-7-14)22-18-23(11(2)10-26-18)17(24)12-8-15(19)16(20)21-9-12/h4-9,11H,3,10H2,1-2H3/t11-/m0/s1. The van der Waals surface area contributed by atoms with E-state index in [0.717, 1.165) is 17.2 Å². The van der Waals surface area contributed by atoms with Crippen LogP contribution >= 0.6 is 35.0 Å². The van der Waals surface area contributed by atoms with Crippen LogP contribution in [-0.4, -0.2) is 39.4 Å². The van der Waals surface area contributed by atoms with E-state index in [2.05, 4.69) is 9.98 Å². The van der Waals surface area contributed by atoms with Crippen molar-refractivity contribution < 1.29 is 9.53 Å². The first kappa shape index (κ1) is 19.0. The molecule has 0 N–H and O–H groups in total. The Morgan fingerprint density at radius 1 is 1.38 bits per heavy atom. The number of aromatic nitrogens is 1.